The van der Waals surface area contributed by atoms with Crippen LogP contribution in [0.5, 0.6) is 0 Å². The van der Waals surface area contributed by atoms with Gasteiger partial charge in [-0.25, -0.2) is 9.18 Å². The fraction of sp³-hybridized carbons (Fsp3) is 0.167. The molecular weight excluding hydrogens is 225 g/mol. The first-order valence-electron chi connectivity index (χ1n) is 4.95. The number of fused-ring (bicyclic) bond motifs is 1. The van der Waals surface area contributed by atoms with E-state index in [1.165, 1.54) is 16.8 Å². The maximum atomic E-state index is 13.6. The molecular formula is C12H10FNO3. The second-order valence-electron chi connectivity index (χ2n) is 3.88. The molecule has 0 saturated heterocycles. The van der Waals surface area contributed by atoms with Crippen LogP contribution in [0.4, 0.5) is 4.39 Å². The Bertz CT molecular complexity index is 688. The zero-order valence-corrected chi connectivity index (χ0v) is 9.32. The average Bonchev–Trinajstić information content (AvgIpc) is 2.26. The Morgan fingerprint density at radius 3 is 2.65 bits per heavy atom. The molecule has 0 amide bonds. The summed E-state index contributed by atoms with van der Waals surface area (Å²) in [4.78, 5) is 22.7. The number of rotatable bonds is 1. The van der Waals surface area contributed by atoms with E-state index >= 15 is 0 Å². The lowest BCUT2D eigenvalue weighted by molar-refractivity contribution is 0.0695. The maximum Gasteiger partial charge on any atom is 0.341 e. The van der Waals surface area contributed by atoms with Gasteiger partial charge in [0.05, 0.1) is 10.9 Å². The predicted molar refractivity (Wildman–Crippen MR) is 60.8 cm³/mol. The topological polar surface area (TPSA) is 59.3 Å². The molecule has 0 unspecified atom stereocenters. The van der Waals surface area contributed by atoms with Crippen molar-refractivity contribution in [2.75, 3.05) is 0 Å². The first-order valence-corrected chi connectivity index (χ1v) is 4.95. The van der Waals surface area contributed by atoms with Crippen LogP contribution in [0.3, 0.4) is 0 Å². The first-order chi connectivity index (χ1) is 7.93. The minimum absolute atomic E-state index is 0.174. The molecule has 0 atom stereocenters. The number of hydrogen-bond donors (Lipinski definition) is 1. The van der Waals surface area contributed by atoms with Gasteiger partial charge in [-0.3, -0.25) is 4.79 Å². The van der Waals surface area contributed by atoms with Crippen LogP contribution in [0.15, 0.2) is 23.1 Å². The normalized spacial score (nSPS) is 10.8. The molecule has 1 aromatic heterocycles. The lowest BCUT2D eigenvalue weighted by Crippen LogP contribution is -2.19. The summed E-state index contributed by atoms with van der Waals surface area (Å²) >= 11 is 0. The third-order valence-corrected chi connectivity index (χ3v) is 2.71. The highest BCUT2D eigenvalue weighted by Crippen LogP contribution is 2.18. The molecule has 1 aromatic carbocycles. The lowest BCUT2D eigenvalue weighted by Gasteiger charge is -2.10. The molecule has 0 aliphatic rings. The zero-order chi connectivity index (χ0) is 12.7. The number of aromatic nitrogens is 1. The highest BCUT2D eigenvalue weighted by atomic mass is 19.1. The van der Waals surface area contributed by atoms with Gasteiger partial charge in [-0.15, -0.1) is 0 Å². The molecule has 2 rings (SSSR count). The quantitative estimate of drug-likeness (QED) is 0.818. The lowest BCUT2D eigenvalue weighted by atomic mass is 10.1. The molecule has 0 aliphatic heterocycles. The van der Waals surface area contributed by atoms with Gasteiger partial charge in [0.1, 0.15) is 11.4 Å². The van der Waals surface area contributed by atoms with Crippen molar-refractivity contribution in [2.24, 2.45) is 7.05 Å². The van der Waals surface area contributed by atoms with Crippen molar-refractivity contribution in [3.63, 3.8) is 0 Å². The molecule has 1 heterocycles. The van der Waals surface area contributed by atoms with Crippen molar-refractivity contribution in [3.8, 4) is 0 Å². The standard InChI is InChI=1S/C12H10FNO3/c1-6-3-4-8(13)9-10(6)14(2)5-7(11(9)15)12(16)17/h3-5H,1-2H3,(H,16,17). The number of halogens is 1. The van der Waals surface area contributed by atoms with Crippen LogP contribution in [-0.4, -0.2) is 15.6 Å². The van der Waals surface area contributed by atoms with E-state index in [0.717, 1.165) is 5.56 Å². The Morgan fingerprint density at radius 2 is 2.06 bits per heavy atom. The van der Waals surface area contributed by atoms with E-state index in [1.807, 2.05) is 0 Å². The fourth-order valence-corrected chi connectivity index (χ4v) is 1.95. The molecule has 0 fully saturated rings. The van der Waals surface area contributed by atoms with Gasteiger partial charge >= 0.3 is 5.97 Å². The van der Waals surface area contributed by atoms with Crippen LogP contribution >= 0.6 is 0 Å². The van der Waals surface area contributed by atoms with Gasteiger partial charge in [0.15, 0.2) is 0 Å². The Labute approximate surface area is 95.9 Å². The summed E-state index contributed by atoms with van der Waals surface area (Å²) in [5.74, 6) is -2.05. The van der Waals surface area contributed by atoms with Crippen LogP contribution in [0, 0.1) is 12.7 Å². The molecule has 0 radical (unpaired) electrons. The largest absolute Gasteiger partial charge is 0.477 e. The number of carboxylic acid groups (broad SMARTS) is 1. The van der Waals surface area contributed by atoms with Gasteiger partial charge in [0.2, 0.25) is 5.43 Å². The molecule has 4 nitrogen and oxygen atoms in total. The second-order valence-corrected chi connectivity index (χ2v) is 3.88. The van der Waals surface area contributed by atoms with Crippen LogP contribution in [-0.2, 0) is 7.05 Å². The van der Waals surface area contributed by atoms with Crippen molar-refractivity contribution >= 4 is 16.9 Å². The Morgan fingerprint density at radius 1 is 1.41 bits per heavy atom. The van der Waals surface area contributed by atoms with Crippen LogP contribution in [0.1, 0.15) is 15.9 Å². The Balaban J connectivity index is 3.10. The monoisotopic (exact) mass is 235 g/mol. The summed E-state index contributed by atoms with van der Waals surface area (Å²) in [6, 6.07) is 2.72. The molecule has 0 spiro atoms. The molecule has 0 saturated carbocycles. The number of hydrogen-bond acceptors (Lipinski definition) is 2. The summed E-state index contributed by atoms with van der Waals surface area (Å²) in [6.07, 6.45) is 1.21. The maximum absolute atomic E-state index is 13.6. The van der Waals surface area contributed by atoms with Crippen molar-refractivity contribution in [3.05, 3.63) is 45.5 Å². The smallest absolute Gasteiger partial charge is 0.341 e. The minimum Gasteiger partial charge on any atom is -0.477 e. The minimum atomic E-state index is -1.35. The number of pyridine rings is 1. The summed E-state index contributed by atoms with van der Waals surface area (Å²) in [5.41, 5.74) is -0.0748. The second kappa shape index (κ2) is 3.69. The molecule has 2 aromatic rings. The van der Waals surface area contributed by atoms with Crippen LogP contribution in [0.25, 0.3) is 10.9 Å². The van der Waals surface area contributed by atoms with Crippen molar-refractivity contribution in [1.29, 1.82) is 0 Å². The molecule has 88 valence electrons. The Hall–Kier alpha value is -2.17. The molecule has 0 bridgehead atoms. The Kier molecular flexibility index (Phi) is 2.46. The van der Waals surface area contributed by atoms with E-state index in [0.29, 0.717) is 5.52 Å². The number of carboxylic acids is 1. The predicted octanol–water partition coefficient (Wildman–Crippen LogP) is 1.68. The molecule has 1 N–H and O–H groups in total. The SMILES string of the molecule is Cc1ccc(F)c2c(=O)c(C(=O)O)cn(C)c12. The number of benzene rings is 1. The number of nitrogens with zero attached hydrogens (tertiary/aromatic N) is 1. The third kappa shape index (κ3) is 1.60. The van der Waals surface area contributed by atoms with E-state index in [1.54, 1.807) is 20.0 Å². The zero-order valence-electron chi connectivity index (χ0n) is 9.32. The summed E-state index contributed by atoms with van der Waals surface area (Å²) < 4.78 is 15.1. The average molecular weight is 235 g/mol. The molecule has 17 heavy (non-hydrogen) atoms. The van der Waals surface area contributed by atoms with Crippen molar-refractivity contribution in [1.82, 2.24) is 4.57 Å². The molecule has 0 aliphatic carbocycles. The summed E-state index contributed by atoms with van der Waals surface area (Å²) in [7, 11) is 1.58. The molecule has 5 heteroatoms. The first kappa shape index (κ1) is 11.3. The van der Waals surface area contributed by atoms with Gasteiger partial charge < -0.3 is 9.67 Å². The van der Waals surface area contributed by atoms with Gasteiger partial charge in [-0.1, -0.05) is 6.07 Å². The van der Waals surface area contributed by atoms with Gasteiger partial charge in [-0.2, -0.15) is 0 Å². The summed E-state index contributed by atoms with van der Waals surface area (Å²) in [5, 5.41) is 8.70. The van der Waals surface area contributed by atoms with E-state index < -0.39 is 22.8 Å². The van der Waals surface area contributed by atoms with E-state index in [-0.39, 0.29) is 5.39 Å². The van der Waals surface area contributed by atoms with Gasteiger partial charge in [-0.05, 0) is 18.6 Å². The number of carbonyl (C=O) groups is 1. The van der Waals surface area contributed by atoms with E-state index in [2.05, 4.69) is 0 Å². The van der Waals surface area contributed by atoms with Crippen molar-refractivity contribution < 1.29 is 14.3 Å². The number of aromatic carboxylic acids is 1. The summed E-state index contributed by atoms with van der Waals surface area (Å²) in [6.45, 7) is 1.74. The van der Waals surface area contributed by atoms with Crippen LogP contribution in [0.2, 0.25) is 0 Å². The fourth-order valence-electron chi connectivity index (χ4n) is 1.95. The van der Waals surface area contributed by atoms with Gasteiger partial charge in [0, 0.05) is 13.2 Å². The third-order valence-electron chi connectivity index (χ3n) is 2.71. The number of aryl methyl sites for hydroxylation is 2. The highest BCUT2D eigenvalue weighted by molar-refractivity contribution is 5.93. The van der Waals surface area contributed by atoms with Gasteiger partial charge in [0.25, 0.3) is 0 Å². The van der Waals surface area contributed by atoms with E-state index in [9.17, 15) is 14.0 Å². The van der Waals surface area contributed by atoms with E-state index in [4.69, 9.17) is 5.11 Å². The highest BCUT2D eigenvalue weighted by Gasteiger charge is 2.17. The van der Waals surface area contributed by atoms with Crippen molar-refractivity contribution in [2.45, 2.75) is 6.92 Å². The van der Waals surface area contributed by atoms with Crippen LogP contribution < -0.4 is 5.43 Å².